The van der Waals surface area contributed by atoms with E-state index in [1.54, 1.807) is 24.3 Å². The molecule has 0 bridgehead atoms. The lowest BCUT2D eigenvalue weighted by molar-refractivity contribution is 0.0953. The van der Waals surface area contributed by atoms with E-state index in [4.69, 9.17) is 11.6 Å². The van der Waals surface area contributed by atoms with E-state index in [1.165, 1.54) is 0 Å². The lowest BCUT2D eigenvalue weighted by Gasteiger charge is -2.08. The molecule has 0 aliphatic carbocycles. The Hall–Kier alpha value is -2.05. The summed E-state index contributed by atoms with van der Waals surface area (Å²) >= 11 is 6.09. The van der Waals surface area contributed by atoms with Gasteiger partial charge in [-0.1, -0.05) is 29.8 Å². The van der Waals surface area contributed by atoms with Crippen LogP contribution in [0.5, 0.6) is 0 Å². The molecule has 0 unspecified atom stereocenters. The van der Waals surface area contributed by atoms with Gasteiger partial charge in [0, 0.05) is 22.8 Å². The van der Waals surface area contributed by atoms with Gasteiger partial charge in [0.15, 0.2) is 0 Å². The monoisotopic (exact) mass is 366 g/mol. The van der Waals surface area contributed by atoms with Crippen LogP contribution in [0.4, 0.5) is 5.69 Å². The topological polar surface area (TPSA) is 75.3 Å². The number of hydrogen-bond acceptors (Lipinski definition) is 3. The molecule has 2 rings (SSSR count). The minimum absolute atomic E-state index is 0.194. The first kappa shape index (κ1) is 18.3. The molecule has 5 nitrogen and oxygen atoms in total. The number of anilines is 1. The van der Waals surface area contributed by atoms with Gasteiger partial charge in [-0.15, -0.1) is 0 Å². The molecule has 0 aliphatic heterocycles. The first-order chi connectivity index (χ1) is 11.3. The van der Waals surface area contributed by atoms with Gasteiger partial charge in [-0.2, -0.15) is 0 Å². The minimum Gasteiger partial charge on any atom is -0.352 e. The Morgan fingerprint density at radius 1 is 1.08 bits per heavy atom. The molecule has 1 amide bonds. The number of amides is 1. The van der Waals surface area contributed by atoms with Gasteiger partial charge >= 0.3 is 0 Å². The van der Waals surface area contributed by atoms with Crippen LogP contribution in [0.3, 0.4) is 0 Å². The maximum Gasteiger partial charge on any atom is 0.251 e. The average molecular weight is 367 g/mol. The predicted molar refractivity (Wildman–Crippen MR) is 97.0 cm³/mol. The quantitative estimate of drug-likeness (QED) is 0.739. The second-order valence-electron chi connectivity index (χ2n) is 5.40. The molecule has 128 valence electrons. The SMILES string of the molecule is CS(=O)(=O)Nc1ccc(C(=O)NCCCc2ccccc2Cl)cc1. The number of nitrogens with one attached hydrogen (secondary N) is 2. The van der Waals surface area contributed by atoms with Crippen molar-refractivity contribution in [1.82, 2.24) is 5.32 Å². The summed E-state index contributed by atoms with van der Waals surface area (Å²) in [5, 5.41) is 3.57. The van der Waals surface area contributed by atoms with Gasteiger partial charge in [-0.3, -0.25) is 9.52 Å². The summed E-state index contributed by atoms with van der Waals surface area (Å²) in [5.74, 6) is -0.194. The van der Waals surface area contributed by atoms with Gasteiger partial charge in [-0.25, -0.2) is 8.42 Å². The van der Waals surface area contributed by atoms with Gasteiger partial charge in [0.2, 0.25) is 10.0 Å². The van der Waals surface area contributed by atoms with Crippen molar-refractivity contribution in [2.24, 2.45) is 0 Å². The molecule has 0 radical (unpaired) electrons. The molecule has 0 spiro atoms. The highest BCUT2D eigenvalue weighted by Crippen LogP contribution is 2.16. The molecule has 0 aromatic heterocycles. The lowest BCUT2D eigenvalue weighted by Crippen LogP contribution is -2.24. The molecule has 0 aliphatic rings. The van der Waals surface area contributed by atoms with Crippen LogP contribution in [-0.2, 0) is 16.4 Å². The van der Waals surface area contributed by atoms with Crippen LogP contribution in [0.1, 0.15) is 22.3 Å². The first-order valence-electron chi connectivity index (χ1n) is 7.44. The first-order valence-corrected chi connectivity index (χ1v) is 9.71. The number of halogens is 1. The number of carbonyl (C=O) groups excluding carboxylic acids is 1. The summed E-state index contributed by atoms with van der Waals surface area (Å²) < 4.78 is 24.6. The smallest absolute Gasteiger partial charge is 0.251 e. The molecule has 0 atom stereocenters. The third-order valence-corrected chi connectivity index (χ3v) is 4.29. The summed E-state index contributed by atoms with van der Waals surface area (Å²) in [6.07, 6.45) is 2.65. The highest BCUT2D eigenvalue weighted by Gasteiger charge is 2.07. The average Bonchev–Trinajstić information content (AvgIpc) is 2.52. The Morgan fingerprint density at radius 3 is 2.38 bits per heavy atom. The van der Waals surface area contributed by atoms with Crippen LogP contribution in [-0.4, -0.2) is 27.1 Å². The second-order valence-corrected chi connectivity index (χ2v) is 7.56. The molecule has 0 heterocycles. The van der Waals surface area contributed by atoms with E-state index in [0.29, 0.717) is 17.8 Å². The molecule has 7 heteroatoms. The van der Waals surface area contributed by atoms with Gasteiger partial charge in [0.25, 0.3) is 5.91 Å². The molecule has 0 saturated heterocycles. The number of benzene rings is 2. The number of sulfonamides is 1. The van der Waals surface area contributed by atoms with E-state index in [9.17, 15) is 13.2 Å². The summed E-state index contributed by atoms with van der Waals surface area (Å²) in [4.78, 5) is 12.0. The maximum atomic E-state index is 12.0. The summed E-state index contributed by atoms with van der Waals surface area (Å²) in [6.45, 7) is 0.535. The van der Waals surface area contributed by atoms with Gasteiger partial charge in [-0.05, 0) is 48.7 Å². The van der Waals surface area contributed by atoms with E-state index >= 15 is 0 Å². The van der Waals surface area contributed by atoms with Crippen molar-refractivity contribution in [1.29, 1.82) is 0 Å². The van der Waals surface area contributed by atoms with Crippen LogP contribution in [0, 0.1) is 0 Å². The third kappa shape index (κ3) is 5.86. The van der Waals surface area contributed by atoms with E-state index in [0.717, 1.165) is 29.7 Å². The predicted octanol–water partition coefficient (Wildman–Crippen LogP) is 3.07. The van der Waals surface area contributed by atoms with Crippen LogP contribution in [0.2, 0.25) is 5.02 Å². The standard InChI is InChI=1S/C17H19ClN2O3S/c1-24(22,23)20-15-10-8-14(9-11-15)17(21)19-12-4-6-13-5-2-3-7-16(13)18/h2-3,5,7-11,20H,4,6,12H2,1H3,(H,19,21). The summed E-state index contributed by atoms with van der Waals surface area (Å²) in [5.41, 5.74) is 1.96. The van der Waals surface area contributed by atoms with Crippen molar-refractivity contribution >= 4 is 33.2 Å². The zero-order valence-corrected chi connectivity index (χ0v) is 14.8. The fourth-order valence-corrected chi connectivity index (χ4v) is 2.98. The highest BCUT2D eigenvalue weighted by atomic mass is 35.5. The van der Waals surface area contributed by atoms with Crippen LogP contribution in [0.25, 0.3) is 0 Å². The summed E-state index contributed by atoms with van der Waals surface area (Å²) in [6, 6.07) is 13.9. The number of hydrogen-bond donors (Lipinski definition) is 2. The maximum absolute atomic E-state index is 12.0. The van der Waals surface area contributed by atoms with Gasteiger partial charge < -0.3 is 5.32 Å². The molecule has 0 fully saturated rings. The molecule has 24 heavy (non-hydrogen) atoms. The third-order valence-electron chi connectivity index (χ3n) is 3.32. The summed E-state index contributed by atoms with van der Waals surface area (Å²) in [7, 11) is -3.32. The Kier molecular flexibility index (Phi) is 6.23. The van der Waals surface area contributed by atoms with E-state index in [-0.39, 0.29) is 5.91 Å². The Balaban J connectivity index is 1.81. The molecular formula is C17H19ClN2O3S. The Bertz CT molecular complexity index is 805. The van der Waals surface area contributed by atoms with Crippen molar-refractivity contribution in [3.8, 4) is 0 Å². The van der Waals surface area contributed by atoms with Crippen molar-refractivity contribution < 1.29 is 13.2 Å². The van der Waals surface area contributed by atoms with Crippen molar-refractivity contribution in [3.05, 3.63) is 64.7 Å². The van der Waals surface area contributed by atoms with E-state index < -0.39 is 10.0 Å². The highest BCUT2D eigenvalue weighted by molar-refractivity contribution is 7.92. The fourth-order valence-electron chi connectivity index (χ4n) is 2.19. The minimum atomic E-state index is -3.32. The molecule has 0 saturated carbocycles. The Labute approximate surface area is 147 Å². The van der Waals surface area contributed by atoms with Crippen LogP contribution < -0.4 is 10.0 Å². The number of carbonyl (C=O) groups is 1. The molecule has 2 aromatic carbocycles. The van der Waals surface area contributed by atoms with E-state index in [2.05, 4.69) is 10.0 Å². The molecule has 2 aromatic rings. The van der Waals surface area contributed by atoms with Gasteiger partial charge in [0.1, 0.15) is 0 Å². The molecular weight excluding hydrogens is 348 g/mol. The second kappa shape index (κ2) is 8.17. The zero-order chi connectivity index (χ0) is 17.6. The fraction of sp³-hybridized carbons (Fsp3) is 0.235. The van der Waals surface area contributed by atoms with Crippen molar-refractivity contribution in [3.63, 3.8) is 0 Å². The number of rotatable bonds is 7. The number of aryl methyl sites for hydroxylation is 1. The van der Waals surface area contributed by atoms with Crippen molar-refractivity contribution in [2.45, 2.75) is 12.8 Å². The molecule has 2 N–H and O–H groups in total. The Morgan fingerprint density at radius 2 is 1.75 bits per heavy atom. The zero-order valence-electron chi connectivity index (χ0n) is 13.3. The van der Waals surface area contributed by atoms with Crippen molar-refractivity contribution in [2.75, 3.05) is 17.5 Å². The van der Waals surface area contributed by atoms with Crippen LogP contribution in [0.15, 0.2) is 48.5 Å². The van der Waals surface area contributed by atoms with Gasteiger partial charge in [0.05, 0.1) is 6.26 Å². The largest absolute Gasteiger partial charge is 0.352 e. The van der Waals surface area contributed by atoms with Crippen LogP contribution >= 0.6 is 11.6 Å². The normalized spacial score (nSPS) is 11.1. The van der Waals surface area contributed by atoms with E-state index in [1.807, 2.05) is 24.3 Å². The lowest BCUT2D eigenvalue weighted by atomic mass is 10.1.